The first-order valence-corrected chi connectivity index (χ1v) is 10.1. The van der Waals surface area contributed by atoms with Gasteiger partial charge < -0.3 is 14.4 Å². The molecular formula is C15H31NO6S. The summed E-state index contributed by atoms with van der Waals surface area (Å²) < 4.78 is 31.3. The summed E-state index contributed by atoms with van der Waals surface area (Å²) in [6, 6.07) is 0. The van der Waals surface area contributed by atoms with Crippen molar-refractivity contribution in [3.63, 3.8) is 0 Å². The van der Waals surface area contributed by atoms with Crippen molar-refractivity contribution in [1.29, 1.82) is 0 Å². The molecule has 7 nitrogen and oxygen atoms in total. The lowest BCUT2D eigenvalue weighted by Gasteiger charge is -2.31. The number of methoxy groups -OCH3 is 1. The second kappa shape index (κ2) is 13.2. The summed E-state index contributed by atoms with van der Waals surface area (Å²) in [5.74, 6) is -0.313. The number of piperidine rings is 1. The third-order valence-corrected chi connectivity index (χ3v) is 3.86. The highest BCUT2D eigenvalue weighted by Crippen LogP contribution is 2.15. The van der Waals surface area contributed by atoms with Gasteiger partial charge in [0.25, 0.3) is 0 Å². The van der Waals surface area contributed by atoms with E-state index in [0.29, 0.717) is 25.9 Å². The Labute approximate surface area is 140 Å². The average Bonchev–Trinajstić information content (AvgIpc) is 2.56. The second-order valence-electron chi connectivity index (χ2n) is 4.53. The molecule has 1 fully saturated rings. The van der Waals surface area contributed by atoms with Crippen molar-refractivity contribution in [1.82, 2.24) is 4.90 Å². The lowest BCUT2D eigenvalue weighted by atomic mass is 10.1. The lowest BCUT2D eigenvalue weighted by molar-refractivity contribution is -0.132. The van der Waals surface area contributed by atoms with E-state index in [9.17, 15) is 18.0 Å². The van der Waals surface area contributed by atoms with Crippen LogP contribution in [0.25, 0.3) is 0 Å². The zero-order chi connectivity index (χ0) is 18.5. The minimum Gasteiger partial charge on any atom is -0.438 e. The van der Waals surface area contributed by atoms with E-state index < -0.39 is 16.0 Å². The van der Waals surface area contributed by atoms with E-state index in [-0.39, 0.29) is 24.2 Å². The van der Waals surface area contributed by atoms with Crippen LogP contribution in [0, 0.1) is 0 Å². The zero-order valence-electron chi connectivity index (χ0n) is 15.1. The van der Waals surface area contributed by atoms with E-state index in [1.807, 2.05) is 27.7 Å². The lowest BCUT2D eigenvalue weighted by Crippen LogP contribution is -2.41. The molecule has 0 spiro atoms. The minimum absolute atomic E-state index is 0.00135. The quantitative estimate of drug-likeness (QED) is 0.720. The first-order valence-electron chi connectivity index (χ1n) is 8.02. The molecule has 0 aliphatic carbocycles. The number of amides is 1. The molecule has 0 atom stereocenters. The molecule has 1 heterocycles. The van der Waals surface area contributed by atoms with Crippen LogP contribution in [-0.4, -0.2) is 63.7 Å². The summed E-state index contributed by atoms with van der Waals surface area (Å²) >= 11 is 0. The SMILES string of the molecule is CC.CC.COC(=O)OC1CCN(C(=O)CCS(C)(=O)=O)CC1. The van der Waals surface area contributed by atoms with Gasteiger partial charge in [-0.15, -0.1) is 0 Å². The highest BCUT2D eigenvalue weighted by molar-refractivity contribution is 7.90. The van der Waals surface area contributed by atoms with Gasteiger partial charge >= 0.3 is 6.16 Å². The molecule has 0 N–H and O–H groups in total. The largest absolute Gasteiger partial charge is 0.508 e. The Morgan fingerprint density at radius 2 is 1.57 bits per heavy atom. The maximum atomic E-state index is 11.8. The molecular weight excluding hydrogens is 322 g/mol. The monoisotopic (exact) mass is 353 g/mol. The molecule has 8 heteroatoms. The molecule has 23 heavy (non-hydrogen) atoms. The molecule has 0 aromatic rings. The zero-order valence-corrected chi connectivity index (χ0v) is 15.9. The Bertz CT molecular complexity index is 427. The Kier molecular flexibility index (Phi) is 13.7. The summed E-state index contributed by atoms with van der Waals surface area (Å²) in [6.45, 7) is 8.93. The van der Waals surface area contributed by atoms with Crippen LogP contribution in [0.2, 0.25) is 0 Å². The van der Waals surface area contributed by atoms with Gasteiger partial charge in [-0.3, -0.25) is 4.79 Å². The average molecular weight is 353 g/mol. The van der Waals surface area contributed by atoms with Gasteiger partial charge in [-0.25, -0.2) is 13.2 Å². The second-order valence-corrected chi connectivity index (χ2v) is 6.79. The number of carbonyl (C=O) groups excluding carboxylic acids is 2. The van der Waals surface area contributed by atoms with Gasteiger partial charge in [-0.05, 0) is 0 Å². The molecule has 138 valence electrons. The van der Waals surface area contributed by atoms with Gasteiger partial charge in [-0.1, -0.05) is 27.7 Å². The first kappa shape index (κ1) is 23.9. The smallest absolute Gasteiger partial charge is 0.438 e. The molecule has 0 radical (unpaired) electrons. The van der Waals surface area contributed by atoms with Crippen LogP contribution < -0.4 is 0 Å². The topological polar surface area (TPSA) is 90.0 Å². The first-order chi connectivity index (χ1) is 10.8. The van der Waals surface area contributed by atoms with Crippen LogP contribution in [0.4, 0.5) is 4.79 Å². The number of likely N-dealkylation sites (tertiary alicyclic amines) is 1. The number of carbonyl (C=O) groups is 2. The molecule has 0 unspecified atom stereocenters. The van der Waals surface area contributed by atoms with Gasteiger partial charge in [0.05, 0.1) is 12.9 Å². The van der Waals surface area contributed by atoms with E-state index >= 15 is 0 Å². The van der Waals surface area contributed by atoms with Crippen LogP contribution in [0.1, 0.15) is 47.0 Å². The number of sulfone groups is 1. The van der Waals surface area contributed by atoms with E-state index in [0.717, 1.165) is 6.26 Å². The highest BCUT2D eigenvalue weighted by Gasteiger charge is 2.25. The van der Waals surface area contributed by atoms with Crippen LogP contribution >= 0.6 is 0 Å². The van der Waals surface area contributed by atoms with Crippen molar-refractivity contribution in [3.8, 4) is 0 Å². The van der Waals surface area contributed by atoms with Crippen LogP contribution in [0.3, 0.4) is 0 Å². The number of rotatable bonds is 4. The van der Waals surface area contributed by atoms with Crippen molar-refractivity contribution < 1.29 is 27.5 Å². The van der Waals surface area contributed by atoms with Crippen molar-refractivity contribution >= 4 is 21.9 Å². The summed E-state index contributed by atoms with van der Waals surface area (Å²) in [7, 11) is -1.88. The standard InChI is InChI=1S/C11H19NO6S.2C2H6/c1-17-11(14)18-9-3-6-12(7-4-9)10(13)5-8-19(2,15)16;2*1-2/h9H,3-8H2,1-2H3;2*1-2H3. The summed E-state index contributed by atoms with van der Waals surface area (Å²) in [6.07, 6.45) is 1.23. The van der Waals surface area contributed by atoms with Crippen LogP contribution in [0.15, 0.2) is 0 Å². The van der Waals surface area contributed by atoms with Crippen LogP contribution in [-0.2, 0) is 24.1 Å². The van der Waals surface area contributed by atoms with E-state index in [2.05, 4.69) is 4.74 Å². The minimum atomic E-state index is -3.12. The predicted octanol–water partition coefficient (Wildman–Crippen LogP) is 2.25. The third kappa shape index (κ3) is 11.9. The normalized spacial score (nSPS) is 14.6. The fourth-order valence-corrected chi connectivity index (χ4v) is 2.38. The van der Waals surface area contributed by atoms with Crippen molar-refractivity contribution in [3.05, 3.63) is 0 Å². The summed E-state index contributed by atoms with van der Waals surface area (Å²) in [4.78, 5) is 24.3. The predicted molar refractivity (Wildman–Crippen MR) is 90.1 cm³/mol. The maximum absolute atomic E-state index is 11.8. The molecule has 0 aromatic heterocycles. The van der Waals surface area contributed by atoms with Gasteiger partial charge in [0.2, 0.25) is 5.91 Å². The van der Waals surface area contributed by atoms with Crippen molar-refractivity contribution in [2.75, 3.05) is 32.2 Å². The Morgan fingerprint density at radius 1 is 1.09 bits per heavy atom. The number of hydrogen-bond donors (Lipinski definition) is 0. The van der Waals surface area contributed by atoms with Crippen molar-refractivity contribution in [2.24, 2.45) is 0 Å². The molecule has 0 saturated carbocycles. The Balaban J connectivity index is 0. The Hall–Kier alpha value is -1.31. The number of hydrogen-bond acceptors (Lipinski definition) is 6. The summed E-state index contributed by atoms with van der Waals surface area (Å²) in [5.41, 5.74) is 0. The molecule has 1 saturated heterocycles. The van der Waals surface area contributed by atoms with E-state index in [4.69, 9.17) is 4.74 Å². The fraction of sp³-hybridized carbons (Fsp3) is 0.867. The van der Waals surface area contributed by atoms with Gasteiger partial charge in [0.15, 0.2) is 0 Å². The van der Waals surface area contributed by atoms with Gasteiger partial charge in [-0.2, -0.15) is 0 Å². The molecule has 1 aliphatic heterocycles. The highest BCUT2D eigenvalue weighted by atomic mass is 32.2. The van der Waals surface area contributed by atoms with Gasteiger partial charge in [0.1, 0.15) is 15.9 Å². The third-order valence-electron chi connectivity index (χ3n) is 2.91. The molecule has 0 bridgehead atoms. The summed E-state index contributed by atoms with van der Waals surface area (Å²) in [5, 5.41) is 0. The number of ether oxygens (including phenoxy) is 2. The van der Waals surface area contributed by atoms with E-state index in [1.54, 1.807) is 4.90 Å². The Morgan fingerprint density at radius 3 is 1.96 bits per heavy atom. The van der Waals surface area contributed by atoms with Gasteiger partial charge in [0, 0.05) is 38.6 Å². The molecule has 1 aliphatic rings. The molecule has 0 aromatic carbocycles. The van der Waals surface area contributed by atoms with E-state index in [1.165, 1.54) is 7.11 Å². The maximum Gasteiger partial charge on any atom is 0.508 e. The van der Waals surface area contributed by atoms with Crippen LogP contribution in [0.5, 0.6) is 0 Å². The fourth-order valence-electron chi connectivity index (χ4n) is 1.84. The van der Waals surface area contributed by atoms with Crippen molar-refractivity contribution in [2.45, 2.75) is 53.1 Å². The molecule has 1 amide bonds. The number of nitrogens with zero attached hydrogens (tertiary/aromatic N) is 1. The molecule has 1 rings (SSSR count).